The van der Waals surface area contributed by atoms with E-state index in [9.17, 15) is 4.79 Å². The summed E-state index contributed by atoms with van der Waals surface area (Å²) in [5.41, 5.74) is 2.12. The van der Waals surface area contributed by atoms with Crippen molar-refractivity contribution in [1.29, 1.82) is 0 Å². The number of anilines is 4. The van der Waals surface area contributed by atoms with Crippen LogP contribution in [0.5, 0.6) is 5.75 Å². The van der Waals surface area contributed by atoms with Crippen molar-refractivity contribution in [3.8, 4) is 17.1 Å². The fourth-order valence-corrected chi connectivity index (χ4v) is 3.21. The fraction of sp³-hybridized carbons (Fsp3) is 0.136. The molecule has 33 heavy (non-hydrogen) atoms. The minimum Gasteiger partial charge on any atom is -0.494 e. The van der Waals surface area contributed by atoms with Crippen LogP contribution < -0.4 is 15.4 Å². The molecular weight excluding hydrogens is 446 g/mol. The van der Waals surface area contributed by atoms with Gasteiger partial charge in [0.25, 0.3) is 0 Å². The van der Waals surface area contributed by atoms with E-state index in [1.54, 1.807) is 55.5 Å². The van der Waals surface area contributed by atoms with Crippen LogP contribution in [0.1, 0.15) is 10.4 Å². The van der Waals surface area contributed by atoms with Crippen LogP contribution in [-0.2, 0) is 11.8 Å². The van der Waals surface area contributed by atoms with Gasteiger partial charge in [0, 0.05) is 24.0 Å². The van der Waals surface area contributed by atoms with Gasteiger partial charge in [0.05, 0.1) is 25.5 Å². The van der Waals surface area contributed by atoms with Gasteiger partial charge < -0.3 is 20.1 Å². The van der Waals surface area contributed by atoms with E-state index < -0.39 is 5.97 Å². The van der Waals surface area contributed by atoms with Gasteiger partial charge in [-0.15, -0.1) is 0 Å². The summed E-state index contributed by atoms with van der Waals surface area (Å²) in [6.45, 7) is 0. The molecule has 4 aromatic rings. The summed E-state index contributed by atoms with van der Waals surface area (Å²) >= 11 is 5.95. The lowest BCUT2D eigenvalue weighted by molar-refractivity contribution is 0.0601. The predicted molar refractivity (Wildman–Crippen MR) is 124 cm³/mol. The number of esters is 1. The Balaban J connectivity index is 1.73. The molecule has 0 fully saturated rings. The molecule has 0 spiro atoms. The Morgan fingerprint density at radius 1 is 1.06 bits per heavy atom. The third kappa shape index (κ3) is 4.85. The highest BCUT2D eigenvalue weighted by molar-refractivity contribution is 6.30. The number of hydrogen-bond acceptors (Lipinski definition) is 9. The van der Waals surface area contributed by atoms with E-state index in [0.717, 1.165) is 5.69 Å². The number of halogens is 1. The SMILES string of the molecule is COC(=O)c1cnc(Nc2ccc(Cl)cc2)nc1Nc1cccc(-c2ncn(C)n2)c1OC. The second-order valence-electron chi connectivity index (χ2n) is 6.83. The van der Waals surface area contributed by atoms with Gasteiger partial charge in [-0.05, 0) is 36.4 Å². The van der Waals surface area contributed by atoms with Crippen molar-refractivity contribution < 1.29 is 14.3 Å². The van der Waals surface area contributed by atoms with Crippen LogP contribution >= 0.6 is 11.6 Å². The number of para-hydroxylation sites is 1. The lowest BCUT2D eigenvalue weighted by atomic mass is 10.1. The van der Waals surface area contributed by atoms with Crippen LogP contribution in [0.25, 0.3) is 11.4 Å². The number of benzene rings is 2. The number of hydrogen-bond donors (Lipinski definition) is 2. The van der Waals surface area contributed by atoms with Crippen LogP contribution in [0.15, 0.2) is 55.0 Å². The molecule has 10 nitrogen and oxygen atoms in total. The van der Waals surface area contributed by atoms with E-state index >= 15 is 0 Å². The van der Waals surface area contributed by atoms with Crippen LogP contribution in [0, 0.1) is 0 Å². The Hall–Kier alpha value is -4.18. The third-order valence-corrected chi connectivity index (χ3v) is 4.86. The summed E-state index contributed by atoms with van der Waals surface area (Å²) in [6.07, 6.45) is 2.99. The van der Waals surface area contributed by atoms with Crippen molar-refractivity contribution in [1.82, 2.24) is 24.7 Å². The Morgan fingerprint density at radius 2 is 1.85 bits per heavy atom. The van der Waals surface area contributed by atoms with Gasteiger partial charge in [-0.25, -0.2) is 14.8 Å². The molecule has 0 aliphatic carbocycles. The number of aromatic nitrogens is 5. The highest BCUT2D eigenvalue weighted by Crippen LogP contribution is 2.36. The number of methoxy groups -OCH3 is 2. The Kier molecular flexibility index (Phi) is 6.36. The second kappa shape index (κ2) is 9.53. The normalized spacial score (nSPS) is 10.5. The van der Waals surface area contributed by atoms with Crippen LogP contribution in [0.2, 0.25) is 5.02 Å². The van der Waals surface area contributed by atoms with Gasteiger partial charge in [0.2, 0.25) is 5.95 Å². The monoisotopic (exact) mass is 465 g/mol. The van der Waals surface area contributed by atoms with Gasteiger partial charge >= 0.3 is 5.97 Å². The molecule has 2 N–H and O–H groups in total. The average Bonchev–Trinajstić information content (AvgIpc) is 3.26. The van der Waals surface area contributed by atoms with Gasteiger partial charge in [0.15, 0.2) is 17.4 Å². The Bertz CT molecular complexity index is 1290. The summed E-state index contributed by atoms with van der Waals surface area (Å²) in [5.74, 6) is 0.910. The molecular formula is C22H20ClN7O3. The third-order valence-electron chi connectivity index (χ3n) is 4.61. The maximum absolute atomic E-state index is 12.3. The van der Waals surface area contributed by atoms with E-state index in [0.29, 0.717) is 27.8 Å². The number of nitrogens with one attached hydrogen (secondary N) is 2. The van der Waals surface area contributed by atoms with E-state index in [1.165, 1.54) is 13.3 Å². The standard InChI is InChI=1S/C22H20ClN7O3/c1-30-12-25-19(29-30)15-5-4-6-17(18(15)32-2)27-20-16(21(31)33-3)11-24-22(28-20)26-14-9-7-13(23)8-10-14/h4-12H,1-3H3,(H2,24,26,27,28). The van der Waals surface area contributed by atoms with E-state index in [-0.39, 0.29) is 17.3 Å². The smallest absolute Gasteiger partial charge is 0.343 e. The van der Waals surface area contributed by atoms with Crippen molar-refractivity contribution >= 4 is 40.7 Å². The molecule has 0 amide bonds. The van der Waals surface area contributed by atoms with Crippen LogP contribution in [0.3, 0.4) is 0 Å². The molecule has 0 saturated heterocycles. The first-order valence-corrected chi connectivity index (χ1v) is 10.1. The molecule has 2 heterocycles. The average molecular weight is 466 g/mol. The molecule has 0 unspecified atom stereocenters. The first-order chi connectivity index (χ1) is 16.0. The van der Waals surface area contributed by atoms with E-state index in [2.05, 4.69) is 30.7 Å². The minimum absolute atomic E-state index is 0.155. The van der Waals surface area contributed by atoms with Gasteiger partial charge in [-0.3, -0.25) is 4.68 Å². The summed E-state index contributed by atoms with van der Waals surface area (Å²) in [6, 6.07) is 12.5. The largest absolute Gasteiger partial charge is 0.494 e. The Morgan fingerprint density at radius 3 is 2.52 bits per heavy atom. The molecule has 0 aliphatic heterocycles. The quantitative estimate of drug-likeness (QED) is 0.387. The molecule has 2 aromatic carbocycles. The number of rotatable bonds is 7. The molecule has 0 bridgehead atoms. The van der Waals surface area contributed by atoms with Crippen LogP contribution in [-0.4, -0.2) is 44.9 Å². The van der Waals surface area contributed by atoms with E-state index in [1.807, 2.05) is 12.1 Å². The lowest BCUT2D eigenvalue weighted by Crippen LogP contribution is -2.10. The molecule has 0 saturated carbocycles. The zero-order valence-corrected chi connectivity index (χ0v) is 18.8. The lowest BCUT2D eigenvalue weighted by Gasteiger charge is -2.16. The highest BCUT2D eigenvalue weighted by atomic mass is 35.5. The minimum atomic E-state index is -0.586. The van der Waals surface area contributed by atoms with Crippen molar-refractivity contribution in [2.24, 2.45) is 7.05 Å². The highest BCUT2D eigenvalue weighted by Gasteiger charge is 2.19. The molecule has 11 heteroatoms. The zero-order chi connectivity index (χ0) is 23.4. The van der Waals surface area contributed by atoms with Gasteiger partial charge in [-0.2, -0.15) is 10.1 Å². The maximum atomic E-state index is 12.3. The van der Waals surface area contributed by atoms with Crippen molar-refractivity contribution in [3.63, 3.8) is 0 Å². The number of carbonyl (C=O) groups excluding carboxylic acids is 1. The zero-order valence-electron chi connectivity index (χ0n) is 18.0. The van der Waals surface area contributed by atoms with Gasteiger partial charge in [0.1, 0.15) is 11.9 Å². The molecule has 0 radical (unpaired) electrons. The number of carbonyl (C=O) groups is 1. The molecule has 2 aromatic heterocycles. The molecule has 168 valence electrons. The number of aryl methyl sites for hydroxylation is 1. The Labute approximate surface area is 194 Å². The van der Waals surface area contributed by atoms with Crippen molar-refractivity contribution in [3.05, 3.63) is 65.6 Å². The number of ether oxygens (including phenoxy) is 2. The van der Waals surface area contributed by atoms with Crippen molar-refractivity contribution in [2.75, 3.05) is 24.9 Å². The fourth-order valence-electron chi connectivity index (χ4n) is 3.08. The first kappa shape index (κ1) is 22.0. The summed E-state index contributed by atoms with van der Waals surface area (Å²) < 4.78 is 12.1. The maximum Gasteiger partial charge on any atom is 0.343 e. The first-order valence-electron chi connectivity index (χ1n) is 9.76. The molecule has 0 aliphatic rings. The summed E-state index contributed by atoms with van der Waals surface area (Å²) in [7, 11) is 4.62. The van der Waals surface area contributed by atoms with Gasteiger partial charge in [-0.1, -0.05) is 17.7 Å². The van der Waals surface area contributed by atoms with Crippen LogP contribution in [0.4, 0.5) is 23.1 Å². The molecule has 0 atom stereocenters. The van der Waals surface area contributed by atoms with E-state index in [4.69, 9.17) is 21.1 Å². The number of nitrogens with zero attached hydrogens (tertiary/aromatic N) is 5. The summed E-state index contributed by atoms with van der Waals surface area (Å²) in [4.78, 5) is 25.3. The predicted octanol–water partition coefficient (Wildman–Crippen LogP) is 4.21. The van der Waals surface area contributed by atoms with Crippen molar-refractivity contribution in [2.45, 2.75) is 0 Å². The second-order valence-corrected chi connectivity index (χ2v) is 7.27. The molecule has 4 rings (SSSR count). The summed E-state index contributed by atoms with van der Waals surface area (Å²) in [5, 5.41) is 11.2. The topological polar surface area (TPSA) is 116 Å².